The van der Waals surface area contributed by atoms with Crippen LogP contribution in [0.1, 0.15) is 20.3 Å². The molecule has 2 heterocycles. The highest BCUT2D eigenvalue weighted by atomic mass is 32.2. The number of hydrogen-bond donors (Lipinski definition) is 2. The smallest absolute Gasteiger partial charge is 0.293 e. The molecule has 0 atom stereocenters. The first-order valence-electron chi connectivity index (χ1n) is 10.6. The average Bonchev–Trinajstić information content (AvgIpc) is 2.77. The summed E-state index contributed by atoms with van der Waals surface area (Å²) in [5, 5.41) is 14.6. The second-order valence-corrected chi connectivity index (χ2v) is 9.58. The van der Waals surface area contributed by atoms with Crippen LogP contribution in [0.5, 0.6) is 0 Å². The van der Waals surface area contributed by atoms with E-state index >= 15 is 0 Å². The lowest BCUT2D eigenvalue weighted by Crippen LogP contribution is -2.47. The van der Waals surface area contributed by atoms with Gasteiger partial charge in [-0.3, -0.25) is 15.0 Å². The largest absolute Gasteiger partial charge is 0.379 e. The molecule has 0 unspecified atom stereocenters. The monoisotopic (exact) mass is 463 g/mol. The van der Waals surface area contributed by atoms with Gasteiger partial charge in [-0.05, 0) is 45.0 Å². The van der Waals surface area contributed by atoms with Crippen molar-refractivity contribution in [3.05, 3.63) is 46.8 Å². The summed E-state index contributed by atoms with van der Waals surface area (Å²) in [4.78, 5) is 23.8. The van der Waals surface area contributed by atoms with Crippen LogP contribution in [0.15, 0.2) is 41.6 Å². The molecule has 32 heavy (non-hydrogen) atoms. The highest BCUT2D eigenvalue weighted by molar-refractivity contribution is 7.89. The molecule has 3 rings (SSSR count). The zero-order valence-electron chi connectivity index (χ0n) is 18.3. The molecule has 174 valence electrons. The Labute approximate surface area is 188 Å². The molecule has 11 nitrogen and oxygen atoms in total. The van der Waals surface area contributed by atoms with Crippen LogP contribution in [0.25, 0.3) is 0 Å². The zero-order chi connectivity index (χ0) is 23.1. The number of nitrogens with zero attached hydrogens (tertiary/aromatic N) is 5. The number of hydrogen-bond acceptors (Lipinski definition) is 9. The van der Waals surface area contributed by atoms with E-state index in [0.717, 1.165) is 51.2 Å². The summed E-state index contributed by atoms with van der Waals surface area (Å²) in [5.41, 5.74) is 0.0534. The Balaban J connectivity index is 1.50. The third-order valence-corrected chi connectivity index (χ3v) is 6.70. The Hall–Kier alpha value is -2.83. The van der Waals surface area contributed by atoms with Crippen molar-refractivity contribution in [1.82, 2.24) is 19.6 Å². The van der Waals surface area contributed by atoms with Gasteiger partial charge in [-0.25, -0.2) is 23.1 Å². The third-order valence-electron chi connectivity index (χ3n) is 5.04. The van der Waals surface area contributed by atoms with Gasteiger partial charge >= 0.3 is 0 Å². The lowest BCUT2D eigenvalue weighted by Gasteiger charge is -2.34. The number of benzene rings is 1. The standard InChI is InChI=1S/C20H29N7O4S/c1-16(2)24-32(30,31)17-5-6-18(19(15-17)27(28)29)21-9-4-10-25-11-13-26(14-12-25)20-22-7-3-8-23-20/h3,5-8,15-16,21,24H,4,9-14H2,1-2H3. The van der Waals surface area contributed by atoms with Crippen molar-refractivity contribution in [2.24, 2.45) is 0 Å². The summed E-state index contributed by atoms with van der Waals surface area (Å²) in [6.07, 6.45) is 4.28. The van der Waals surface area contributed by atoms with E-state index < -0.39 is 14.9 Å². The minimum Gasteiger partial charge on any atom is -0.379 e. The van der Waals surface area contributed by atoms with E-state index in [4.69, 9.17) is 0 Å². The van der Waals surface area contributed by atoms with E-state index in [-0.39, 0.29) is 16.6 Å². The first-order chi connectivity index (χ1) is 15.3. The van der Waals surface area contributed by atoms with E-state index in [1.54, 1.807) is 32.3 Å². The molecule has 1 fully saturated rings. The molecule has 1 aromatic heterocycles. The van der Waals surface area contributed by atoms with Crippen molar-refractivity contribution in [3.63, 3.8) is 0 Å². The third kappa shape index (κ3) is 6.34. The van der Waals surface area contributed by atoms with Gasteiger partial charge in [0.1, 0.15) is 5.69 Å². The number of nitro groups is 1. The number of nitro benzene ring substituents is 1. The van der Waals surface area contributed by atoms with Crippen molar-refractivity contribution in [1.29, 1.82) is 0 Å². The molecule has 1 saturated heterocycles. The fourth-order valence-electron chi connectivity index (χ4n) is 3.51. The molecule has 0 spiro atoms. The van der Waals surface area contributed by atoms with E-state index in [1.807, 2.05) is 0 Å². The molecule has 0 saturated carbocycles. The summed E-state index contributed by atoms with van der Waals surface area (Å²) >= 11 is 0. The summed E-state index contributed by atoms with van der Waals surface area (Å²) in [6.45, 7) is 8.27. The molecule has 0 radical (unpaired) electrons. The van der Waals surface area contributed by atoms with Crippen LogP contribution >= 0.6 is 0 Å². The minimum atomic E-state index is -3.80. The normalized spacial score (nSPS) is 15.2. The first kappa shape index (κ1) is 23.8. The van der Waals surface area contributed by atoms with Crippen molar-refractivity contribution in [2.75, 3.05) is 49.5 Å². The highest BCUT2D eigenvalue weighted by Crippen LogP contribution is 2.27. The van der Waals surface area contributed by atoms with Gasteiger partial charge in [0.05, 0.1) is 9.82 Å². The van der Waals surface area contributed by atoms with Crippen LogP contribution in [0, 0.1) is 10.1 Å². The van der Waals surface area contributed by atoms with Gasteiger partial charge in [0.25, 0.3) is 5.69 Å². The van der Waals surface area contributed by atoms with Crippen molar-refractivity contribution < 1.29 is 13.3 Å². The van der Waals surface area contributed by atoms with E-state index in [9.17, 15) is 18.5 Å². The molecule has 0 aliphatic carbocycles. The minimum absolute atomic E-state index is 0.122. The summed E-state index contributed by atoms with van der Waals surface area (Å²) in [5.74, 6) is 0.746. The van der Waals surface area contributed by atoms with Gasteiger partial charge in [0.15, 0.2) is 0 Å². The van der Waals surface area contributed by atoms with Gasteiger partial charge < -0.3 is 10.2 Å². The van der Waals surface area contributed by atoms with Crippen molar-refractivity contribution in [3.8, 4) is 0 Å². The second kappa shape index (κ2) is 10.7. The van der Waals surface area contributed by atoms with Crippen LogP contribution < -0.4 is 14.9 Å². The van der Waals surface area contributed by atoms with Crippen molar-refractivity contribution >= 4 is 27.3 Å². The molecule has 12 heteroatoms. The number of rotatable bonds is 10. The SMILES string of the molecule is CC(C)NS(=O)(=O)c1ccc(NCCCN2CCN(c3ncccn3)CC2)c([N+](=O)[O-])c1. The first-order valence-corrected chi connectivity index (χ1v) is 12.0. The molecule has 1 aliphatic rings. The fourth-order valence-corrected chi connectivity index (χ4v) is 4.78. The summed E-state index contributed by atoms with van der Waals surface area (Å²) in [6, 6.07) is 5.42. The van der Waals surface area contributed by atoms with E-state index in [1.165, 1.54) is 12.1 Å². The summed E-state index contributed by atoms with van der Waals surface area (Å²) in [7, 11) is -3.80. The van der Waals surface area contributed by atoms with Gasteiger partial charge in [-0.2, -0.15) is 0 Å². The van der Waals surface area contributed by atoms with Crippen LogP contribution in [-0.2, 0) is 10.0 Å². The lowest BCUT2D eigenvalue weighted by atomic mass is 10.2. The molecular formula is C20H29N7O4S. The molecule has 1 aliphatic heterocycles. The highest BCUT2D eigenvalue weighted by Gasteiger charge is 2.22. The van der Waals surface area contributed by atoms with Crippen LogP contribution in [0.3, 0.4) is 0 Å². The van der Waals surface area contributed by atoms with Crippen LogP contribution in [0.4, 0.5) is 17.3 Å². The average molecular weight is 464 g/mol. The Morgan fingerprint density at radius 1 is 1.16 bits per heavy atom. The molecule has 2 N–H and O–H groups in total. The molecule has 1 aromatic carbocycles. The number of sulfonamides is 1. The quantitative estimate of drug-likeness (QED) is 0.307. The predicted octanol–water partition coefficient (Wildman–Crippen LogP) is 1.70. The maximum atomic E-state index is 12.3. The Bertz CT molecular complexity index is 1010. The summed E-state index contributed by atoms with van der Waals surface area (Å²) < 4.78 is 27.0. The van der Waals surface area contributed by atoms with Crippen molar-refractivity contribution in [2.45, 2.75) is 31.2 Å². The Kier molecular flexibility index (Phi) is 7.94. The molecular weight excluding hydrogens is 434 g/mol. The molecule has 0 amide bonds. The zero-order valence-corrected chi connectivity index (χ0v) is 19.1. The van der Waals surface area contributed by atoms with Gasteiger partial charge in [-0.1, -0.05) is 0 Å². The number of piperazine rings is 1. The maximum Gasteiger partial charge on any atom is 0.293 e. The van der Waals surface area contributed by atoms with Crippen LogP contribution in [-0.4, -0.2) is 73.5 Å². The Morgan fingerprint density at radius 3 is 2.47 bits per heavy atom. The fraction of sp³-hybridized carbons (Fsp3) is 0.500. The van der Waals surface area contributed by atoms with E-state index in [2.05, 4.69) is 29.8 Å². The van der Waals surface area contributed by atoms with Gasteiger partial charge in [0.2, 0.25) is 16.0 Å². The predicted molar refractivity (Wildman–Crippen MR) is 122 cm³/mol. The van der Waals surface area contributed by atoms with Gasteiger partial charge in [0, 0.05) is 57.2 Å². The van der Waals surface area contributed by atoms with Crippen LogP contribution in [0.2, 0.25) is 0 Å². The van der Waals surface area contributed by atoms with Gasteiger partial charge in [-0.15, -0.1) is 0 Å². The Morgan fingerprint density at radius 2 is 1.84 bits per heavy atom. The molecule has 2 aromatic rings. The molecule has 0 bridgehead atoms. The number of anilines is 2. The lowest BCUT2D eigenvalue weighted by molar-refractivity contribution is -0.384. The topological polar surface area (TPSA) is 134 Å². The van der Waals surface area contributed by atoms with E-state index in [0.29, 0.717) is 12.2 Å². The maximum absolute atomic E-state index is 12.3. The number of nitrogens with one attached hydrogen (secondary N) is 2. The number of aromatic nitrogens is 2. The second-order valence-electron chi connectivity index (χ2n) is 7.87.